The highest BCUT2D eigenvalue weighted by Crippen LogP contribution is 2.28. The van der Waals surface area contributed by atoms with Crippen molar-refractivity contribution in [3.8, 4) is 5.75 Å². The van der Waals surface area contributed by atoms with Gasteiger partial charge in [-0.2, -0.15) is 0 Å². The van der Waals surface area contributed by atoms with Crippen molar-refractivity contribution < 1.29 is 14.3 Å². The average Bonchev–Trinajstić information content (AvgIpc) is 2.54. The number of aldehydes is 1. The SMILES string of the molecule is CC[C@@H]1CC[C@@H](C)N(C(=O)c2cc(C=O)ccc2OC)C1. The van der Waals surface area contributed by atoms with Gasteiger partial charge in [-0.3, -0.25) is 9.59 Å². The lowest BCUT2D eigenvalue weighted by atomic mass is 9.91. The number of carbonyl (C=O) groups is 2. The van der Waals surface area contributed by atoms with Crippen LogP contribution in [0.3, 0.4) is 0 Å². The van der Waals surface area contributed by atoms with Crippen LogP contribution in [0.4, 0.5) is 0 Å². The average molecular weight is 289 g/mol. The maximum Gasteiger partial charge on any atom is 0.257 e. The second kappa shape index (κ2) is 6.74. The number of carbonyl (C=O) groups excluding carboxylic acids is 2. The maximum absolute atomic E-state index is 12.8. The van der Waals surface area contributed by atoms with E-state index in [1.54, 1.807) is 25.3 Å². The zero-order valence-electron chi connectivity index (χ0n) is 13.0. The van der Waals surface area contributed by atoms with Crippen molar-refractivity contribution >= 4 is 12.2 Å². The van der Waals surface area contributed by atoms with Crippen LogP contribution in [-0.2, 0) is 0 Å². The Labute approximate surface area is 126 Å². The van der Waals surface area contributed by atoms with Crippen LogP contribution in [0.2, 0.25) is 0 Å². The van der Waals surface area contributed by atoms with Gasteiger partial charge in [-0.1, -0.05) is 13.3 Å². The third-order valence-corrected chi connectivity index (χ3v) is 4.41. The van der Waals surface area contributed by atoms with E-state index in [2.05, 4.69) is 13.8 Å². The molecule has 1 heterocycles. The highest BCUT2D eigenvalue weighted by molar-refractivity contribution is 5.98. The van der Waals surface area contributed by atoms with E-state index in [1.165, 1.54) is 6.42 Å². The smallest absolute Gasteiger partial charge is 0.257 e. The second-order valence-electron chi connectivity index (χ2n) is 5.74. The van der Waals surface area contributed by atoms with E-state index >= 15 is 0 Å². The Kier molecular flexibility index (Phi) is 4.99. The van der Waals surface area contributed by atoms with Gasteiger partial charge in [0.2, 0.25) is 0 Å². The van der Waals surface area contributed by atoms with E-state index in [4.69, 9.17) is 4.74 Å². The molecule has 1 aromatic carbocycles. The third kappa shape index (κ3) is 3.26. The molecule has 2 atom stereocenters. The Morgan fingerprint density at radius 1 is 1.43 bits per heavy atom. The van der Waals surface area contributed by atoms with Crippen LogP contribution >= 0.6 is 0 Å². The minimum absolute atomic E-state index is 0.0406. The number of ether oxygens (including phenoxy) is 1. The van der Waals surface area contributed by atoms with Crippen LogP contribution in [0, 0.1) is 5.92 Å². The predicted octanol–water partition coefficient (Wildman–Crippen LogP) is 3.16. The van der Waals surface area contributed by atoms with Crippen molar-refractivity contribution in [2.75, 3.05) is 13.7 Å². The molecular weight excluding hydrogens is 266 g/mol. The number of nitrogens with zero attached hydrogens (tertiary/aromatic N) is 1. The number of piperidine rings is 1. The number of hydrogen-bond acceptors (Lipinski definition) is 3. The molecule has 1 aliphatic rings. The molecule has 0 N–H and O–H groups in total. The van der Waals surface area contributed by atoms with E-state index in [9.17, 15) is 9.59 Å². The van der Waals surface area contributed by atoms with E-state index in [0.717, 1.165) is 25.7 Å². The fraction of sp³-hybridized carbons (Fsp3) is 0.529. The molecule has 4 heteroatoms. The van der Waals surface area contributed by atoms with Gasteiger partial charge in [0.15, 0.2) is 0 Å². The summed E-state index contributed by atoms with van der Waals surface area (Å²) in [6, 6.07) is 5.20. The molecule has 1 aliphatic heterocycles. The molecule has 0 bridgehead atoms. The Balaban J connectivity index is 2.31. The summed E-state index contributed by atoms with van der Waals surface area (Å²) < 4.78 is 5.28. The zero-order chi connectivity index (χ0) is 15.4. The van der Waals surface area contributed by atoms with Crippen molar-refractivity contribution in [3.05, 3.63) is 29.3 Å². The summed E-state index contributed by atoms with van der Waals surface area (Å²) in [5.74, 6) is 1.04. The summed E-state index contributed by atoms with van der Waals surface area (Å²) in [5.41, 5.74) is 0.974. The molecular formula is C17H23NO3. The van der Waals surface area contributed by atoms with Crippen molar-refractivity contribution in [2.24, 2.45) is 5.92 Å². The molecule has 114 valence electrons. The Morgan fingerprint density at radius 2 is 2.19 bits per heavy atom. The lowest BCUT2D eigenvalue weighted by molar-refractivity contribution is 0.0553. The first kappa shape index (κ1) is 15.5. The second-order valence-corrected chi connectivity index (χ2v) is 5.74. The molecule has 1 saturated heterocycles. The first-order chi connectivity index (χ1) is 10.1. The van der Waals surface area contributed by atoms with Gasteiger partial charge in [-0.15, -0.1) is 0 Å². The van der Waals surface area contributed by atoms with Crippen LogP contribution < -0.4 is 4.74 Å². The normalized spacial score (nSPS) is 22.0. The van der Waals surface area contributed by atoms with Gasteiger partial charge in [-0.05, 0) is 43.9 Å². The van der Waals surface area contributed by atoms with Crippen LogP contribution in [0.1, 0.15) is 53.8 Å². The first-order valence-electron chi connectivity index (χ1n) is 7.54. The van der Waals surface area contributed by atoms with Gasteiger partial charge < -0.3 is 9.64 Å². The van der Waals surface area contributed by atoms with Gasteiger partial charge in [0.25, 0.3) is 5.91 Å². The Hall–Kier alpha value is -1.84. The lowest BCUT2D eigenvalue weighted by Gasteiger charge is -2.38. The predicted molar refractivity (Wildman–Crippen MR) is 81.9 cm³/mol. The molecule has 0 unspecified atom stereocenters. The monoisotopic (exact) mass is 289 g/mol. The van der Waals surface area contributed by atoms with Gasteiger partial charge >= 0.3 is 0 Å². The van der Waals surface area contributed by atoms with E-state index in [1.807, 2.05) is 4.90 Å². The quantitative estimate of drug-likeness (QED) is 0.800. The molecule has 0 spiro atoms. The Morgan fingerprint density at radius 3 is 2.81 bits per heavy atom. The highest BCUT2D eigenvalue weighted by atomic mass is 16.5. The van der Waals surface area contributed by atoms with Crippen LogP contribution in [0.15, 0.2) is 18.2 Å². The number of amides is 1. The standard InChI is InChI=1S/C17H23NO3/c1-4-13-6-5-12(2)18(10-13)17(20)15-9-14(11-19)7-8-16(15)21-3/h7-9,11-13H,4-6,10H2,1-3H3/t12-,13-/m1/s1. The molecule has 21 heavy (non-hydrogen) atoms. The maximum atomic E-state index is 12.8. The van der Waals surface area contributed by atoms with E-state index in [0.29, 0.717) is 22.8 Å². The van der Waals surface area contributed by atoms with Crippen LogP contribution in [0.25, 0.3) is 0 Å². The van der Waals surface area contributed by atoms with Crippen molar-refractivity contribution in [2.45, 2.75) is 39.2 Å². The fourth-order valence-corrected chi connectivity index (χ4v) is 2.92. The minimum Gasteiger partial charge on any atom is -0.496 e. The summed E-state index contributed by atoms with van der Waals surface area (Å²) in [5, 5.41) is 0. The van der Waals surface area contributed by atoms with Gasteiger partial charge in [-0.25, -0.2) is 0 Å². The molecule has 1 fully saturated rings. The number of methoxy groups -OCH3 is 1. The minimum atomic E-state index is -0.0406. The molecule has 2 rings (SSSR count). The number of likely N-dealkylation sites (tertiary alicyclic amines) is 1. The number of benzene rings is 1. The van der Waals surface area contributed by atoms with Gasteiger partial charge in [0.1, 0.15) is 12.0 Å². The van der Waals surface area contributed by atoms with Crippen molar-refractivity contribution in [3.63, 3.8) is 0 Å². The molecule has 0 radical (unpaired) electrons. The van der Waals surface area contributed by atoms with Gasteiger partial charge in [0, 0.05) is 18.2 Å². The van der Waals surface area contributed by atoms with E-state index < -0.39 is 0 Å². The molecule has 0 saturated carbocycles. The summed E-state index contributed by atoms with van der Waals surface area (Å²) in [6.45, 7) is 5.03. The largest absolute Gasteiger partial charge is 0.496 e. The summed E-state index contributed by atoms with van der Waals surface area (Å²) in [4.78, 5) is 25.7. The van der Waals surface area contributed by atoms with Crippen molar-refractivity contribution in [1.82, 2.24) is 4.90 Å². The fourth-order valence-electron chi connectivity index (χ4n) is 2.92. The third-order valence-electron chi connectivity index (χ3n) is 4.41. The van der Waals surface area contributed by atoms with Crippen molar-refractivity contribution in [1.29, 1.82) is 0 Å². The topological polar surface area (TPSA) is 46.6 Å². The zero-order valence-corrected chi connectivity index (χ0v) is 13.0. The molecule has 1 amide bonds. The summed E-state index contributed by atoms with van der Waals surface area (Å²) >= 11 is 0. The lowest BCUT2D eigenvalue weighted by Crippen LogP contribution is -2.45. The highest BCUT2D eigenvalue weighted by Gasteiger charge is 2.30. The molecule has 1 aromatic rings. The number of hydrogen-bond donors (Lipinski definition) is 0. The summed E-state index contributed by atoms with van der Waals surface area (Å²) in [7, 11) is 1.54. The van der Waals surface area contributed by atoms with Crippen LogP contribution in [0.5, 0.6) is 5.75 Å². The Bertz CT molecular complexity index is 527. The number of rotatable bonds is 4. The summed E-state index contributed by atoms with van der Waals surface area (Å²) in [6.07, 6.45) is 4.04. The molecule has 0 aliphatic carbocycles. The van der Waals surface area contributed by atoms with E-state index in [-0.39, 0.29) is 11.9 Å². The molecule has 0 aromatic heterocycles. The first-order valence-corrected chi connectivity index (χ1v) is 7.54. The van der Waals surface area contributed by atoms with Crippen LogP contribution in [-0.4, -0.2) is 36.8 Å². The van der Waals surface area contributed by atoms with Gasteiger partial charge in [0.05, 0.1) is 12.7 Å². The molecule has 4 nitrogen and oxygen atoms in total.